The third-order valence-corrected chi connectivity index (χ3v) is 7.85. The van der Waals surface area contributed by atoms with Crippen LogP contribution in [0.1, 0.15) is 54.7 Å². The number of hydrogen-bond acceptors (Lipinski definition) is 4. The number of carbonyl (C=O) groups is 2. The maximum atomic E-state index is 13.6. The van der Waals surface area contributed by atoms with E-state index in [1.165, 1.54) is 5.56 Å². The van der Waals surface area contributed by atoms with Crippen molar-refractivity contribution in [3.05, 3.63) is 63.0 Å². The van der Waals surface area contributed by atoms with Crippen molar-refractivity contribution in [1.82, 2.24) is 19.7 Å². The number of hydrogen-bond donors (Lipinski definition) is 0. The second-order valence-corrected chi connectivity index (χ2v) is 10.8. The first-order chi connectivity index (χ1) is 16.4. The van der Waals surface area contributed by atoms with Crippen LogP contribution < -0.4 is 0 Å². The molecule has 2 saturated heterocycles. The van der Waals surface area contributed by atoms with Crippen LogP contribution in [0.15, 0.2) is 42.6 Å². The third kappa shape index (κ3) is 6.36. The summed E-state index contributed by atoms with van der Waals surface area (Å²) in [5, 5.41) is 0. The van der Waals surface area contributed by atoms with Gasteiger partial charge in [0.1, 0.15) is 3.70 Å². The third-order valence-electron chi connectivity index (χ3n) is 7.21. The average molecular weight is 575 g/mol. The number of benzene rings is 1. The van der Waals surface area contributed by atoms with E-state index in [-0.39, 0.29) is 11.8 Å². The highest BCUT2D eigenvalue weighted by Gasteiger charge is 2.31. The van der Waals surface area contributed by atoms with Crippen LogP contribution in [0.3, 0.4) is 0 Å². The van der Waals surface area contributed by atoms with Crippen LogP contribution in [0.5, 0.6) is 0 Å². The topological polar surface area (TPSA) is 56.8 Å². The van der Waals surface area contributed by atoms with Crippen molar-refractivity contribution in [3.63, 3.8) is 0 Å². The van der Waals surface area contributed by atoms with Gasteiger partial charge in [-0.3, -0.25) is 14.6 Å². The number of rotatable bonds is 8. The van der Waals surface area contributed by atoms with Crippen molar-refractivity contribution < 1.29 is 9.59 Å². The number of aromatic nitrogens is 1. The van der Waals surface area contributed by atoms with Gasteiger partial charge in [0, 0.05) is 51.9 Å². The van der Waals surface area contributed by atoms with Gasteiger partial charge >= 0.3 is 0 Å². The number of carbonyl (C=O) groups excluding carboxylic acids is 2. The summed E-state index contributed by atoms with van der Waals surface area (Å²) < 4.78 is 0.930. The van der Waals surface area contributed by atoms with Gasteiger partial charge in [0.05, 0.1) is 5.92 Å². The minimum absolute atomic E-state index is 0.140. The van der Waals surface area contributed by atoms with Crippen molar-refractivity contribution >= 4 is 34.4 Å². The van der Waals surface area contributed by atoms with Crippen LogP contribution in [0.25, 0.3) is 0 Å². The van der Waals surface area contributed by atoms with Crippen LogP contribution in [-0.2, 0) is 16.1 Å². The summed E-state index contributed by atoms with van der Waals surface area (Å²) in [6.07, 6.45) is 6.40. The molecule has 3 heterocycles. The molecule has 0 saturated carbocycles. The molecular weight excluding hydrogens is 539 g/mol. The Morgan fingerprint density at radius 3 is 2.50 bits per heavy atom. The van der Waals surface area contributed by atoms with E-state index in [4.69, 9.17) is 0 Å². The normalized spacial score (nSPS) is 18.3. The first kappa shape index (κ1) is 25.1. The lowest BCUT2D eigenvalue weighted by molar-refractivity contribution is -0.133. The predicted molar refractivity (Wildman–Crippen MR) is 142 cm³/mol. The average Bonchev–Trinajstić information content (AvgIpc) is 3.27. The molecular formula is C27H35IN4O2. The van der Waals surface area contributed by atoms with Gasteiger partial charge in [-0.15, -0.1) is 0 Å². The summed E-state index contributed by atoms with van der Waals surface area (Å²) >= 11 is 2.20. The van der Waals surface area contributed by atoms with E-state index in [1.54, 1.807) is 0 Å². The van der Waals surface area contributed by atoms with Gasteiger partial charge in [0.15, 0.2) is 0 Å². The number of aryl methyl sites for hydroxylation is 1. The molecule has 0 aliphatic carbocycles. The standard InChI is InChI=1S/C27H35IN4O2/c1-20-5-7-21(8-6-20)19-30(2)27(34)24(22-9-10-25(28)29-18-22)13-17-31-15-11-23(12-16-31)32-14-3-4-26(32)33/h5-10,18,23-24H,3-4,11-17,19H2,1-2H3. The summed E-state index contributed by atoms with van der Waals surface area (Å²) in [6.45, 7) is 6.44. The summed E-state index contributed by atoms with van der Waals surface area (Å²) in [5.41, 5.74) is 3.34. The number of likely N-dealkylation sites (tertiary alicyclic amines) is 2. The first-order valence-corrected chi connectivity index (χ1v) is 13.4. The Morgan fingerprint density at radius 2 is 1.88 bits per heavy atom. The van der Waals surface area contributed by atoms with Crippen molar-refractivity contribution in [1.29, 1.82) is 0 Å². The molecule has 1 aromatic heterocycles. The highest BCUT2D eigenvalue weighted by Crippen LogP contribution is 2.26. The second-order valence-electron chi connectivity index (χ2n) is 9.70. The molecule has 34 heavy (non-hydrogen) atoms. The quantitative estimate of drug-likeness (QED) is 0.350. The van der Waals surface area contributed by atoms with Gasteiger partial charge in [-0.2, -0.15) is 0 Å². The van der Waals surface area contributed by atoms with E-state index < -0.39 is 0 Å². The highest BCUT2D eigenvalue weighted by atomic mass is 127. The fourth-order valence-corrected chi connectivity index (χ4v) is 5.48. The second kappa shape index (κ2) is 11.6. The van der Waals surface area contributed by atoms with Gasteiger partial charge in [-0.05, 0) is 78.9 Å². The van der Waals surface area contributed by atoms with E-state index in [2.05, 4.69) is 68.6 Å². The van der Waals surface area contributed by atoms with Crippen LogP contribution in [0.2, 0.25) is 0 Å². The highest BCUT2D eigenvalue weighted by molar-refractivity contribution is 14.1. The zero-order chi connectivity index (χ0) is 24.1. The number of halogens is 1. The van der Waals surface area contributed by atoms with E-state index in [1.807, 2.05) is 30.3 Å². The fourth-order valence-electron chi connectivity index (χ4n) is 5.16. The van der Waals surface area contributed by atoms with Crippen LogP contribution in [0.4, 0.5) is 0 Å². The Bertz CT molecular complexity index is 971. The lowest BCUT2D eigenvalue weighted by Gasteiger charge is -2.37. The number of nitrogens with zero attached hydrogens (tertiary/aromatic N) is 4. The van der Waals surface area contributed by atoms with Crippen molar-refractivity contribution in [3.8, 4) is 0 Å². The Labute approximate surface area is 216 Å². The smallest absolute Gasteiger partial charge is 0.230 e. The number of pyridine rings is 1. The lowest BCUT2D eigenvalue weighted by atomic mass is 9.94. The molecule has 2 aromatic rings. The Balaban J connectivity index is 1.38. The number of piperidine rings is 1. The largest absolute Gasteiger partial charge is 0.341 e. The van der Waals surface area contributed by atoms with Crippen LogP contribution >= 0.6 is 22.6 Å². The van der Waals surface area contributed by atoms with E-state index >= 15 is 0 Å². The Kier molecular flexibility index (Phi) is 8.58. The van der Waals surface area contributed by atoms with Gasteiger partial charge in [0.2, 0.25) is 11.8 Å². The van der Waals surface area contributed by atoms with Gasteiger partial charge in [0.25, 0.3) is 0 Å². The molecule has 0 spiro atoms. The summed E-state index contributed by atoms with van der Waals surface area (Å²) in [5.74, 6) is 0.255. The molecule has 2 fully saturated rings. The molecule has 6 nitrogen and oxygen atoms in total. The van der Waals surface area contributed by atoms with E-state index in [0.29, 0.717) is 24.9 Å². The van der Waals surface area contributed by atoms with E-state index in [0.717, 1.165) is 66.7 Å². The molecule has 7 heteroatoms. The predicted octanol–water partition coefficient (Wildman–Crippen LogP) is 4.21. The molecule has 1 atom stereocenters. The molecule has 1 aromatic carbocycles. The molecule has 4 rings (SSSR count). The minimum atomic E-state index is -0.210. The van der Waals surface area contributed by atoms with Gasteiger partial charge < -0.3 is 14.7 Å². The number of likely N-dealkylation sites (N-methyl/N-ethyl adjacent to an activating group) is 1. The monoisotopic (exact) mass is 574 g/mol. The molecule has 0 radical (unpaired) electrons. The van der Waals surface area contributed by atoms with Crippen molar-refractivity contribution in [2.75, 3.05) is 33.2 Å². The molecule has 2 aliphatic heterocycles. The zero-order valence-corrected chi connectivity index (χ0v) is 22.4. The Morgan fingerprint density at radius 1 is 1.15 bits per heavy atom. The molecule has 1 unspecified atom stereocenters. The van der Waals surface area contributed by atoms with Crippen molar-refractivity contribution in [2.24, 2.45) is 0 Å². The summed E-state index contributed by atoms with van der Waals surface area (Å²) in [4.78, 5) is 36.5. The maximum absolute atomic E-state index is 13.6. The SMILES string of the molecule is Cc1ccc(CN(C)C(=O)C(CCN2CCC(N3CCCC3=O)CC2)c2ccc(I)nc2)cc1. The molecule has 182 valence electrons. The van der Waals surface area contributed by atoms with Crippen LogP contribution in [-0.4, -0.2) is 70.8 Å². The maximum Gasteiger partial charge on any atom is 0.230 e. The van der Waals surface area contributed by atoms with Gasteiger partial charge in [-0.25, -0.2) is 0 Å². The molecule has 0 N–H and O–H groups in total. The molecule has 2 amide bonds. The lowest BCUT2D eigenvalue weighted by Crippen LogP contribution is -2.46. The first-order valence-electron chi connectivity index (χ1n) is 12.3. The van der Waals surface area contributed by atoms with Gasteiger partial charge in [-0.1, -0.05) is 35.9 Å². The summed E-state index contributed by atoms with van der Waals surface area (Å²) in [7, 11) is 1.90. The van der Waals surface area contributed by atoms with Crippen molar-refractivity contribution in [2.45, 2.75) is 57.5 Å². The zero-order valence-electron chi connectivity index (χ0n) is 20.3. The molecule has 0 bridgehead atoms. The number of amides is 2. The molecule has 2 aliphatic rings. The van der Waals surface area contributed by atoms with E-state index in [9.17, 15) is 9.59 Å². The fraction of sp³-hybridized carbons (Fsp3) is 0.519. The van der Waals surface area contributed by atoms with Crippen LogP contribution in [0, 0.1) is 10.6 Å². The minimum Gasteiger partial charge on any atom is -0.341 e. The Hall–Kier alpha value is -2.00. The summed E-state index contributed by atoms with van der Waals surface area (Å²) in [6, 6.07) is 12.8.